The molecular formula is C15H25NO9S. The molecule has 2 aliphatic heterocycles. The molecule has 0 saturated carbocycles. The Bertz CT molecular complexity index is 642. The third kappa shape index (κ3) is 5.13. The molecule has 0 bridgehead atoms. The average molecular weight is 395 g/mol. The minimum Gasteiger partial charge on any atom is -0.463 e. The molecule has 0 aromatic rings. The summed E-state index contributed by atoms with van der Waals surface area (Å²) in [6.07, 6.45) is -1.22. The van der Waals surface area contributed by atoms with Crippen molar-refractivity contribution in [3.63, 3.8) is 0 Å². The van der Waals surface area contributed by atoms with Crippen molar-refractivity contribution in [3.8, 4) is 0 Å². The van der Waals surface area contributed by atoms with E-state index in [1.807, 2.05) is 0 Å². The lowest BCUT2D eigenvalue weighted by Crippen LogP contribution is -2.55. The molecule has 2 rings (SSSR count). The van der Waals surface area contributed by atoms with Gasteiger partial charge in [0.15, 0.2) is 5.79 Å². The third-order valence-corrected chi connectivity index (χ3v) is 4.57. The molecule has 1 N–H and O–H groups in total. The van der Waals surface area contributed by atoms with Crippen LogP contribution in [0.5, 0.6) is 0 Å². The number of amides is 1. The monoisotopic (exact) mass is 395 g/mol. The lowest BCUT2D eigenvalue weighted by atomic mass is 9.95. The first kappa shape index (κ1) is 21.0. The topological polar surface area (TPSA) is 126 Å². The fourth-order valence-corrected chi connectivity index (χ4v) is 3.41. The van der Waals surface area contributed by atoms with Gasteiger partial charge in [-0.15, -0.1) is 0 Å². The molecule has 26 heavy (non-hydrogen) atoms. The van der Waals surface area contributed by atoms with Gasteiger partial charge in [-0.25, -0.2) is 0 Å². The number of hydrogen-bond donors (Lipinski definition) is 1. The Labute approximate surface area is 152 Å². The molecule has 10 nitrogen and oxygen atoms in total. The van der Waals surface area contributed by atoms with Gasteiger partial charge in [-0.3, -0.25) is 13.8 Å². The van der Waals surface area contributed by atoms with Crippen LogP contribution in [0.3, 0.4) is 0 Å². The van der Waals surface area contributed by atoms with Crippen molar-refractivity contribution in [2.45, 2.75) is 57.4 Å². The van der Waals surface area contributed by atoms with Crippen molar-refractivity contribution in [1.82, 2.24) is 5.32 Å². The van der Waals surface area contributed by atoms with Crippen molar-refractivity contribution in [2.75, 3.05) is 26.0 Å². The molecule has 2 heterocycles. The van der Waals surface area contributed by atoms with Crippen molar-refractivity contribution >= 4 is 22.0 Å². The largest absolute Gasteiger partial charge is 0.463 e. The molecule has 0 spiro atoms. The smallest absolute Gasteiger partial charge is 0.302 e. The standard InChI is InChI=1S/C15H25NO9S/c1-9(17)16-7-15(8-21-10(2)18)13-12(24-14(3,4)25-13)11(23-15)6-22-26(5,19)20/h11-13H,6-8H2,1-5H3,(H,16,17)/t11-,12-,13-,15-/m1/s1. The van der Waals surface area contributed by atoms with Crippen LogP contribution < -0.4 is 5.32 Å². The summed E-state index contributed by atoms with van der Waals surface area (Å²) in [5.74, 6) is -1.79. The van der Waals surface area contributed by atoms with Crippen molar-refractivity contribution in [1.29, 1.82) is 0 Å². The van der Waals surface area contributed by atoms with Crippen LogP contribution in [0.1, 0.15) is 27.7 Å². The van der Waals surface area contributed by atoms with Crippen LogP contribution in [0.25, 0.3) is 0 Å². The Balaban J connectivity index is 2.28. The number of ether oxygens (including phenoxy) is 4. The quantitative estimate of drug-likeness (QED) is 0.440. The third-order valence-electron chi connectivity index (χ3n) is 4.00. The first-order valence-corrected chi connectivity index (χ1v) is 9.91. The normalized spacial score (nSPS) is 32.9. The van der Waals surface area contributed by atoms with E-state index in [0.717, 1.165) is 6.26 Å². The van der Waals surface area contributed by atoms with E-state index in [-0.39, 0.29) is 25.7 Å². The summed E-state index contributed by atoms with van der Waals surface area (Å²) in [5, 5.41) is 2.64. The number of nitrogens with one attached hydrogen (secondary N) is 1. The molecule has 0 unspecified atom stereocenters. The predicted molar refractivity (Wildman–Crippen MR) is 87.5 cm³/mol. The molecule has 4 atom stereocenters. The van der Waals surface area contributed by atoms with E-state index in [1.165, 1.54) is 13.8 Å². The summed E-state index contributed by atoms with van der Waals surface area (Å²) in [6.45, 7) is 5.50. The van der Waals surface area contributed by atoms with Gasteiger partial charge < -0.3 is 24.3 Å². The molecular weight excluding hydrogens is 370 g/mol. The predicted octanol–water partition coefficient (Wildman–Crippen LogP) is -0.680. The average Bonchev–Trinajstić information content (AvgIpc) is 2.93. The van der Waals surface area contributed by atoms with Gasteiger partial charge in [0.1, 0.15) is 30.5 Å². The number of esters is 1. The summed E-state index contributed by atoms with van der Waals surface area (Å²) in [5.41, 5.74) is -1.23. The fraction of sp³-hybridized carbons (Fsp3) is 0.867. The van der Waals surface area contributed by atoms with Gasteiger partial charge in [-0.2, -0.15) is 8.42 Å². The maximum absolute atomic E-state index is 11.4. The SMILES string of the molecule is CC(=O)NC[C@]1(COC(C)=O)O[C@H](COS(C)(=O)=O)[C@H]2OC(C)(C)O[C@H]21. The van der Waals surface area contributed by atoms with Crippen molar-refractivity contribution in [3.05, 3.63) is 0 Å². The zero-order valence-corrected chi connectivity index (χ0v) is 16.3. The van der Waals surface area contributed by atoms with Gasteiger partial charge >= 0.3 is 5.97 Å². The van der Waals surface area contributed by atoms with Gasteiger partial charge in [0.25, 0.3) is 10.1 Å². The highest BCUT2D eigenvalue weighted by Crippen LogP contribution is 2.44. The lowest BCUT2D eigenvalue weighted by Gasteiger charge is -2.34. The Hall–Kier alpha value is -1.27. The zero-order chi connectivity index (χ0) is 19.8. The molecule has 0 aromatic carbocycles. The number of hydrogen-bond acceptors (Lipinski definition) is 9. The number of rotatable bonds is 7. The molecule has 0 radical (unpaired) electrons. The van der Waals surface area contributed by atoms with Crippen LogP contribution in [0, 0.1) is 0 Å². The zero-order valence-electron chi connectivity index (χ0n) is 15.4. The first-order chi connectivity index (χ1) is 11.8. The first-order valence-electron chi connectivity index (χ1n) is 8.09. The minimum atomic E-state index is -3.69. The van der Waals surface area contributed by atoms with E-state index in [9.17, 15) is 18.0 Å². The van der Waals surface area contributed by atoms with Crippen LogP contribution in [-0.4, -0.2) is 76.0 Å². The number of carbonyl (C=O) groups excluding carboxylic acids is 2. The van der Waals surface area contributed by atoms with E-state index in [4.69, 9.17) is 23.1 Å². The summed E-state index contributed by atoms with van der Waals surface area (Å²) in [4.78, 5) is 22.7. The fourth-order valence-electron chi connectivity index (χ4n) is 3.03. The molecule has 0 aromatic heterocycles. The molecule has 2 saturated heterocycles. The second-order valence-electron chi connectivity index (χ2n) is 6.92. The Morgan fingerprint density at radius 2 is 1.81 bits per heavy atom. The van der Waals surface area contributed by atoms with Crippen LogP contribution in [0.2, 0.25) is 0 Å². The van der Waals surface area contributed by atoms with Gasteiger partial charge in [-0.1, -0.05) is 0 Å². The van der Waals surface area contributed by atoms with Gasteiger partial charge in [0.2, 0.25) is 5.91 Å². The van der Waals surface area contributed by atoms with E-state index in [1.54, 1.807) is 13.8 Å². The molecule has 0 aliphatic carbocycles. The Morgan fingerprint density at radius 1 is 1.15 bits per heavy atom. The van der Waals surface area contributed by atoms with Crippen molar-refractivity contribution in [2.24, 2.45) is 0 Å². The van der Waals surface area contributed by atoms with Crippen LogP contribution in [-0.2, 0) is 42.8 Å². The summed E-state index contributed by atoms with van der Waals surface area (Å²) in [7, 11) is -3.69. The highest BCUT2D eigenvalue weighted by Gasteiger charge is 2.63. The second-order valence-corrected chi connectivity index (χ2v) is 8.56. The second kappa shape index (κ2) is 7.39. The maximum Gasteiger partial charge on any atom is 0.302 e. The van der Waals surface area contributed by atoms with Crippen molar-refractivity contribution < 1.29 is 41.1 Å². The molecule has 2 fully saturated rings. The summed E-state index contributed by atoms with van der Waals surface area (Å²) < 4.78 is 50.4. The van der Waals surface area contributed by atoms with E-state index in [0.29, 0.717) is 0 Å². The van der Waals surface area contributed by atoms with E-state index in [2.05, 4.69) is 5.32 Å². The maximum atomic E-state index is 11.4. The van der Waals surface area contributed by atoms with Gasteiger partial charge in [0, 0.05) is 13.8 Å². The Kier molecular flexibility index (Phi) is 5.98. The van der Waals surface area contributed by atoms with E-state index >= 15 is 0 Å². The highest BCUT2D eigenvalue weighted by atomic mass is 32.2. The summed E-state index contributed by atoms with van der Waals surface area (Å²) >= 11 is 0. The molecule has 11 heteroatoms. The lowest BCUT2D eigenvalue weighted by molar-refractivity contribution is -0.219. The Morgan fingerprint density at radius 3 is 2.35 bits per heavy atom. The summed E-state index contributed by atoms with van der Waals surface area (Å²) in [6, 6.07) is 0. The van der Waals surface area contributed by atoms with Crippen LogP contribution in [0.15, 0.2) is 0 Å². The number of fused-ring (bicyclic) bond motifs is 1. The molecule has 150 valence electrons. The van der Waals surface area contributed by atoms with E-state index < -0.39 is 45.8 Å². The van der Waals surface area contributed by atoms with Crippen LogP contribution >= 0.6 is 0 Å². The van der Waals surface area contributed by atoms with Crippen LogP contribution in [0.4, 0.5) is 0 Å². The number of carbonyl (C=O) groups is 2. The van der Waals surface area contributed by atoms with Gasteiger partial charge in [0.05, 0.1) is 19.4 Å². The highest BCUT2D eigenvalue weighted by molar-refractivity contribution is 7.85. The molecule has 1 amide bonds. The minimum absolute atomic E-state index is 0.00834. The van der Waals surface area contributed by atoms with Gasteiger partial charge in [-0.05, 0) is 13.8 Å². The molecule has 2 aliphatic rings.